The molecule has 0 aliphatic carbocycles. The number of benzene rings is 2. The van der Waals surface area contributed by atoms with Gasteiger partial charge in [0.25, 0.3) is 11.5 Å². The number of nitrogens with one attached hydrogen (secondary N) is 1. The van der Waals surface area contributed by atoms with Crippen molar-refractivity contribution in [3.8, 4) is 11.5 Å². The van der Waals surface area contributed by atoms with Crippen molar-refractivity contribution in [2.75, 3.05) is 19.9 Å². The second kappa shape index (κ2) is 7.46. The molecule has 1 amide bonds. The zero-order valence-corrected chi connectivity index (χ0v) is 16.2. The largest absolute Gasteiger partial charge is 0.454 e. The molecule has 8 nitrogen and oxygen atoms in total. The summed E-state index contributed by atoms with van der Waals surface area (Å²) < 4.78 is 11.8. The van der Waals surface area contributed by atoms with Crippen molar-refractivity contribution in [1.29, 1.82) is 0 Å². The molecule has 1 aliphatic rings. The SMILES string of the molecule is CCN(CC)C(=O)c1ccc2c(=O)n(Cc3ccc4c(c3)OCO4)c(=O)[nH]c2c1. The van der Waals surface area contributed by atoms with Crippen molar-refractivity contribution in [1.82, 2.24) is 14.5 Å². The quantitative estimate of drug-likeness (QED) is 0.713. The van der Waals surface area contributed by atoms with Gasteiger partial charge in [0.05, 0.1) is 17.4 Å². The van der Waals surface area contributed by atoms with Gasteiger partial charge < -0.3 is 19.4 Å². The second-order valence-corrected chi connectivity index (χ2v) is 6.75. The number of hydrogen-bond donors (Lipinski definition) is 1. The van der Waals surface area contributed by atoms with Crippen LogP contribution in [0.15, 0.2) is 46.0 Å². The normalized spacial score (nSPS) is 12.3. The van der Waals surface area contributed by atoms with Crippen molar-refractivity contribution in [3.05, 3.63) is 68.4 Å². The Balaban J connectivity index is 1.72. The minimum atomic E-state index is -0.535. The molecule has 0 fully saturated rings. The van der Waals surface area contributed by atoms with E-state index < -0.39 is 11.2 Å². The zero-order valence-electron chi connectivity index (χ0n) is 16.2. The zero-order chi connectivity index (χ0) is 20.5. The lowest BCUT2D eigenvalue weighted by Crippen LogP contribution is -2.35. The van der Waals surface area contributed by atoms with Gasteiger partial charge in [0, 0.05) is 18.7 Å². The number of hydrogen-bond acceptors (Lipinski definition) is 5. The van der Waals surface area contributed by atoms with Crippen molar-refractivity contribution in [2.45, 2.75) is 20.4 Å². The van der Waals surface area contributed by atoms with Crippen molar-refractivity contribution in [3.63, 3.8) is 0 Å². The van der Waals surface area contributed by atoms with Crippen molar-refractivity contribution in [2.24, 2.45) is 0 Å². The minimum absolute atomic E-state index is 0.0981. The van der Waals surface area contributed by atoms with Gasteiger partial charge in [0.2, 0.25) is 6.79 Å². The van der Waals surface area contributed by atoms with E-state index in [0.29, 0.717) is 41.1 Å². The van der Waals surface area contributed by atoms with Gasteiger partial charge in [0.15, 0.2) is 11.5 Å². The van der Waals surface area contributed by atoms with E-state index in [1.54, 1.807) is 41.3 Å². The Morgan fingerprint density at radius 2 is 1.83 bits per heavy atom. The third kappa shape index (κ3) is 3.37. The maximum Gasteiger partial charge on any atom is 0.329 e. The van der Waals surface area contributed by atoms with E-state index in [-0.39, 0.29) is 19.2 Å². The summed E-state index contributed by atoms with van der Waals surface area (Å²) in [6, 6.07) is 10.1. The number of nitrogens with zero attached hydrogens (tertiary/aromatic N) is 2. The van der Waals surface area contributed by atoms with Crippen LogP contribution in [-0.4, -0.2) is 40.2 Å². The fourth-order valence-electron chi connectivity index (χ4n) is 3.45. The fraction of sp³-hybridized carbons (Fsp3) is 0.286. The van der Waals surface area contributed by atoms with E-state index >= 15 is 0 Å². The minimum Gasteiger partial charge on any atom is -0.454 e. The van der Waals surface area contributed by atoms with Crippen LogP contribution in [0.4, 0.5) is 0 Å². The van der Waals surface area contributed by atoms with Crippen LogP contribution >= 0.6 is 0 Å². The van der Waals surface area contributed by atoms with E-state index in [4.69, 9.17) is 9.47 Å². The van der Waals surface area contributed by atoms with E-state index in [1.165, 1.54) is 0 Å². The molecule has 4 rings (SSSR count). The predicted molar refractivity (Wildman–Crippen MR) is 108 cm³/mol. The van der Waals surface area contributed by atoms with Gasteiger partial charge in [-0.25, -0.2) is 4.79 Å². The highest BCUT2D eigenvalue weighted by Crippen LogP contribution is 2.32. The van der Waals surface area contributed by atoms with E-state index in [0.717, 1.165) is 10.1 Å². The highest BCUT2D eigenvalue weighted by Gasteiger charge is 2.17. The first-order chi connectivity index (χ1) is 14.0. The van der Waals surface area contributed by atoms with Crippen LogP contribution in [0, 0.1) is 0 Å². The van der Waals surface area contributed by atoms with Gasteiger partial charge in [-0.15, -0.1) is 0 Å². The number of carbonyl (C=O) groups excluding carboxylic acids is 1. The predicted octanol–water partition coefficient (Wildman–Crippen LogP) is 1.95. The first-order valence-corrected chi connectivity index (χ1v) is 9.46. The Morgan fingerprint density at radius 1 is 1.07 bits per heavy atom. The smallest absolute Gasteiger partial charge is 0.329 e. The maximum atomic E-state index is 12.9. The molecule has 2 heterocycles. The first-order valence-electron chi connectivity index (χ1n) is 9.46. The lowest BCUT2D eigenvalue weighted by molar-refractivity contribution is 0.0773. The van der Waals surface area contributed by atoms with Gasteiger partial charge in [-0.3, -0.25) is 14.2 Å². The average molecular weight is 395 g/mol. The Labute approximate surface area is 166 Å². The summed E-state index contributed by atoms with van der Waals surface area (Å²) in [4.78, 5) is 42.4. The number of carbonyl (C=O) groups is 1. The summed E-state index contributed by atoms with van der Waals surface area (Å²) in [5, 5.41) is 0.349. The first kappa shape index (κ1) is 18.8. The highest BCUT2D eigenvalue weighted by molar-refractivity contribution is 5.97. The fourth-order valence-corrected chi connectivity index (χ4v) is 3.45. The number of fused-ring (bicyclic) bond motifs is 2. The molecule has 0 spiro atoms. The van der Waals surface area contributed by atoms with Gasteiger partial charge in [-0.2, -0.15) is 0 Å². The van der Waals surface area contributed by atoms with Gasteiger partial charge in [0.1, 0.15) is 0 Å². The van der Waals surface area contributed by atoms with Crippen LogP contribution in [0.2, 0.25) is 0 Å². The van der Waals surface area contributed by atoms with Crippen LogP contribution in [0.25, 0.3) is 10.9 Å². The summed E-state index contributed by atoms with van der Waals surface area (Å²) in [7, 11) is 0. The molecule has 0 unspecified atom stereocenters. The van der Waals surface area contributed by atoms with E-state index in [2.05, 4.69) is 4.98 Å². The summed E-state index contributed by atoms with van der Waals surface area (Å²) >= 11 is 0. The van der Waals surface area contributed by atoms with Crippen molar-refractivity contribution < 1.29 is 14.3 Å². The van der Waals surface area contributed by atoms with E-state index in [9.17, 15) is 14.4 Å². The molecule has 0 bridgehead atoms. The van der Waals surface area contributed by atoms with E-state index in [1.807, 2.05) is 13.8 Å². The molecule has 1 aliphatic heterocycles. The maximum absolute atomic E-state index is 12.9. The molecular weight excluding hydrogens is 374 g/mol. The third-order valence-electron chi connectivity index (χ3n) is 5.06. The van der Waals surface area contributed by atoms with Gasteiger partial charge >= 0.3 is 5.69 Å². The van der Waals surface area contributed by atoms with Crippen LogP contribution in [0.3, 0.4) is 0 Å². The molecule has 0 radical (unpaired) electrons. The molecule has 0 saturated heterocycles. The molecule has 2 aromatic carbocycles. The summed E-state index contributed by atoms with van der Waals surface area (Å²) in [5.41, 5.74) is 0.579. The number of aromatic nitrogens is 2. The lowest BCUT2D eigenvalue weighted by Gasteiger charge is -2.18. The molecule has 29 heavy (non-hydrogen) atoms. The molecule has 150 valence electrons. The summed E-state index contributed by atoms with van der Waals surface area (Å²) in [5.74, 6) is 1.09. The van der Waals surface area contributed by atoms with Crippen LogP contribution in [0.5, 0.6) is 11.5 Å². The molecule has 0 saturated carbocycles. The third-order valence-corrected chi connectivity index (χ3v) is 5.06. The summed E-state index contributed by atoms with van der Waals surface area (Å²) in [6.45, 7) is 5.23. The van der Waals surface area contributed by atoms with Crippen LogP contribution in [0.1, 0.15) is 29.8 Å². The second-order valence-electron chi connectivity index (χ2n) is 6.75. The monoisotopic (exact) mass is 395 g/mol. The number of ether oxygens (including phenoxy) is 2. The molecule has 1 aromatic heterocycles. The van der Waals surface area contributed by atoms with Gasteiger partial charge in [-0.1, -0.05) is 6.07 Å². The molecule has 8 heteroatoms. The highest BCUT2D eigenvalue weighted by atomic mass is 16.7. The van der Waals surface area contributed by atoms with Crippen LogP contribution < -0.4 is 20.7 Å². The van der Waals surface area contributed by atoms with Crippen LogP contribution in [-0.2, 0) is 6.54 Å². The Morgan fingerprint density at radius 3 is 2.59 bits per heavy atom. The number of rotatable bonds is 5. The standard InChI is InChI=1S/C21H21N3O5/c1-3-23(4-2)19(25)14-6-7-15-16(10-14)22-21(27)24(20(15)26)11-13-5-8-17-18(9-13)29-12-28-17/h5-10H,3-4,11-12H2,1-2H3,(H,22,27). The van der Waals surface area contributed by atoms with Crippen molar-refractivity contribution >= 4 is 16.8 Å². The topological polar surface area (TPSA) is 93.6 Å². The lowest BCUT2D eigenvalue weighted by atomic mass is 10.1. The Bertz CT molecular complexity index is 1210. The Hall–Kier alpha value is -3.55. The average Bonchev–Trinajstić information content (AvgIpc) is 3.19. The number of amides is 1. The molecule has 1 N–H and O–H groups in total. The Kier molecular flexibility index (Phi) is 4.84. The molecular formula is C21H21N3O5. The number of aromatic amines is 1. The summed E-state index contributed by atoms with van der Waals surface area (Å²) in [6.07, 6.45) is 0. The van der Waals surface area contributed by atoms with Gasteiger partial charge in [-0.05, 0) is 49.7 Å². The number of H-pyrrole nitrogens is 1. The molecule has 3 aromatic rings. The molecule has 0 atom stereocenters.